The first-order valence-electron chi connectivity index (χ1n) is 5.64. The van der Waals surface area contributed by atoms with Crippen LogP contribution in [0.4, 0.5) is 0 Å². The fourth-order valence-corrected chi connectivity index (χ4v) is 5.20. The summed E-state index contributed by atoms with van der Waals surface area (Å²) in [6.07, 6.45) is 0. The second-order valence-electron chi connectivity index (χ2n) is 4.06. The van der Waals surface area contributed by atoms with Gasteiger partial charge in [0.25, 0.3) is 0 Å². The Balaban J connectivity index is 0.000000443. The maximum Gasteiger partial charge on any atom is 2.00 e. The van der Waals surface area contributed by atoms with Gasteiger partial charge in [0.05, 0.1) is 9.79 Å². The van der Waals surface area contributed by atoms with Crippen molar-refractivity contribution in [3.05, 3.63) is 54.3 Å². The minimum Gasteiger partial charge on any atom is -0.744 e. The molecule has 6 nitrogen and oxygen atoms in total. The molecule has 132 valence electrons. The number of hydrogen-bond acceptors (Lipinski definition) is 6. The Labute approximate surface area is 219 Å². The van der Waals surface area contributed by atoms with Gasteiger partial charge in [-0.15, -0.1) is 0 Å². The van der Waals surface area contributed by atoms with Crippen molar-refractivity contribution in [1.29, 1.82) is 0 Å². The van der Waals surface area contributed by atoms with Gasteiger partial charge >= 0.3 is 48.9 Å². The molecule has 0 aliphatic heterocycles. The fourth-order valence-electron chi connectivity index (χ4n) is 1.34. The molecular formula is C12H6BaBr4O6S2. The topological polar surface area (TPSA) is 114 Å². The van der Waals surface area contributed by atoms with Gasteiger partial charge in [-0.25, -0.2) is 16.8 Å². The zero-order valence-corrected chi connectivity index (χ0v) is 24.4. The summed E-state index contributed by atoms with van der Waals surface area (Å²) >= 11 is 12.1. The molecule has 0 atom stereocenters. The summed E-state index contributed by atoms with van der Waals surface area (Å²) in [6.45, 7) is 0. The summed E-state index contributed by atoms with van der Waals surface area (Å²) in [5, 5.41) is 0. The molecule has 2 aromatic carbocycles. The molecule has 0 bridgehead atoms. The predicted molar refractivity (Wildman–Crippen MR) is 105 cm³/mol. The maximum absolute atomic E-state index is 10.6. The SMILES string of the molecule is O=S(=O)([O-])c1cc(Br)ccc1Br.O=S(=O)([O-])c1cc(Br)ccc1Br.[Ba+2]. The Hall–Kier alpha value is 1.75. The van der Waals surface area contributed by atoms with Gasteiger partial charge in [0.1, 0.15) is 20.2 Å². The number of hydrogen-bond donors (Lipinski definition) is 0. The van der Waals surface area contributed by atoms with Gasteiger partial charge < -0.3 is 9.11 Å². The van der Waals surface area contributed by atoms with Crippen molar-refractivity contribution in [2.45, 2.75) is 9.79 Å². The summed E-state index contributed by atoms with van der Waals surface area (Å²) in [5.41, 5.74) is 0. The first kappa shape index (κ1) is 26.8. The van der Waals surface area contributed by atoms with Crippen LogP contribution in [0.25, 0.3) is 0 Å². The molecule has 0 N–H and O–H groups in total. The van der Waals surface area contributed by atoms with Crippen LogP contribution in [0.5, 0.6) is 0 Å². The van der Waals surface area contributed by atoms with Gasteiger partial charge in [0, 0.05) is 17.9 Å². The molecule has 0 heterocycles. The van der Waals surface area contributed by atoms with Crippen molar-refractivity contribution >= 4 is 133 Å². The molecule has 2 aromatic rings. The van der Waals surface area contributed by atoms with Crippen molar-refractivity contribution in [2.75, 3.05) is 0 Å². The summed E-state index contributed by atoms with van der Waals surface area (Å²) in [6, 6.07) is 8.78. The third-order valence-corrected chi connectivity index (χ3v) is 6.97. The van der Waals surface area contributed by atoms with Gasteiger partial charge in [0.15, 0.2) is 0 Å². The third kappa shape index (κ3) is 9.19. The number of halogens is 4. The Morgan fingerprint density at radius 1 is 0.640 bits per heavy atom. The van der Waals surface area contributed by atoms with E-state index in [-0.39, 0.29) is 67.6 Å². The summed E-state index contributed by atoms with van der Waals surface area (Å²) < 4.78 is 65.3. The van der Waals surface area contributed by atoms with Crippen LogP contribution in [-0.4, -0.2) is 74.8 Å². The van der Waals surface area contributed by atoms with Crippen LogP contribution in [0.2, 0.25) is 0 Å². The van der Waals surface area contributed by atoms with Crippen molar-refractivity contribution in [3.8, 4) is 0 Å². The molecule has 0 saturated heterocycles. The fraction of sp³-hybridized carbons (Fsp3) is 0. The maximum atomic E-state index is 10.6. The smallest absolute Gasteiger partial charge is 0.744 e. The molecule has 13 heteroatoms. The normalized spacial score (nSPS) is 11.1. The molecule has 25 heavy (non-hydrogen) atoms. The van der Waals surface area contributed by atoms with Crippen LogP contribution in [0.1, 0.15) is 0 Å². The molecule has 0 radical (unpaired) electrons. The predicted octanol–water partition coefficient (Wildman–Crippen LogP) is 3.85. The molecule has 0 saturated carbocycles. The van der Waals surface area contributed by atoms with Crippen molar-refractivity contribution in [3.63, 3.8) is 0 Å². The van der Waals surface area contributed by atoms with E-state index >= 15 is 0 Å². The summed E-state index contributed by atoms with van der Waals surface area (Å²) in [5.74, 6) is 0. The van der Waals surface area contributed by atoms with Crippen molar-refractivity contribution < 1.29 is 25.9 Å². The molecule has 0 unspecified atom stereocenters. The monoisotopic (exact) mass is 764 g/mol. The van der Waals surface area contributed by atoms with Crippen LogP contribution in [0, 0.1) is 0 Å². The zero-order valence-electron chi connectivity index (χ0n) is 11.9. The van der Waals surface area contributed by atoms with Gasteiger partial charge in [0.2, 0.25) is 0 Å². The number of benzene rings is 2. The van der Waals surface area contributed by atoms with E-state index in [9.17, 15) is 25.9 Å². The molecule has 2 rings (SSSR count). The van der Waals surface area contributed by atoms with E-state index in [0.29, 0.717) is 8.95 Å². The summed E-state index contributed by atoms with van der Waals surface area (Å²) in [7, 11) is -8.77. The Bertz CT molecular complexity index is 884. The van der Waals surface area contributed by atoms with Crippen LogP contribution in [-0.2, 0) is 20.2 Å². The molecular weight excluding hydrogens is 761 g/mol. The minimum absolute atomic E-state index is 0. The van der Waals surface area contributed by atoms with E-state index in [4.69, 9.17) is 0 Å². The van der Waals surface area contributed by atoms with E-state index in [1.54, 1.807) is 12.1 Å². The molecule has 0 fully saturated rings. The van der Waals surface area contributed by atoms with Crippen molar-refractivity contribution in [2.24, 2.45) is 0 Å². The molecule has 0 aromatic heterocycles. The van der Waals surface area contributed by atoms with Crippen molar-refractivity contribution in [1.82, 2.24) is 0 Å². The first-order chi connectivity index (χ1) is 10.8. The third-order valence-electron chi connectivity index (χ3n) is 2.33. The average molecular weight is 767 g/mol. The minimum atomic E-state index is -4.38. The quantitative estimate of drug-likeness (QED) is 0.339. The van der Waals surface area contributed by atoms with Crippen LogP contribution in [0.15, 0.2) is 64.1 Å². The van der Waals surface area contributed by atoms with Crippen LogP contribution < -0.4 is 0 Å². The molecule has 0 aliphatic rings. The van der Waals surface area contributed by atoms with E-state index in [2.05, 4.69) is 63.7 Å². The Kier molecular flexibility index (Phi) is 11.8. The second-order valence-corrected chi connectivity index (χ2v) is 10.3. The van der Waals surface area contributed by atoms with Crippen LogP contribution in [0.3, 0.4) is 0 Å². The van der Waals surface area contributed by atoms with Crippen LogP contribution >= 0.6 is 63.7 Å². The van der Waals surface area contributed by atoms with E-state index in [1.165, 1.54) is 24.3 Å². The second kappa shape index (κ2) is 11.1. The van der Waals surface area contributed by atoms with Gasteiger partial charge in [-0.2, -0.15) is 0 Å². The average Bonchev–Trinajstić information content (AvgIpc) is 2.42. The molecule has 0 spiro atoms. The van der Waals surface area contributed by atoms with Gasteiger partial charge in [-0.3, -0.25) is 0 Å². The largest absolute Gasteiger partial charge is 2.00 e. The Morgan fingerprint density at radius 3 is 1.12 bits per heavy atom. The zero-order chi connectivity index (χ0) is 18.7. The molecule has 0 amide bonds. The van der Waals surface area contributed by atoms with E-state index in [0.717, 1.165) is 0 Å². The van der Waals surface area contributed by atoms with Gasteiger partial charge in [-0.05, 0) is 68.3 Å². The van der Waals surface area contributed by atoms with E-state index in [1.807, 2.05) is 0 Å². The van der Waals surface area contributed by atoms with E-state index < -0.39 is 20.2 Å². The summed E-state index contributed by atoms with van der Waals surface area (Å²) in [4.78, 5) is -0.506. The number of rotatable bonds is 2. The molecule has 0 aliphatic carbocycles. The first-order valence-corrected chi connectivity index (χ1v) is 11.6. The Morgan fingerprint density at radius 2 is 0.920 bits per heavy atom. The van der Waals surface area contributed by atoms with Gasteiger partial charge in [-0.1, -0.05) is 31.9 Å². The standard InChI is InChI=1S/2C6H4Br2O3S.Ba/c2*7-4-1-2-5(8)6(3-4)12(9,10)11;/h2*1-3H,(H,9,10,11);/q;;+2/p-2.